The van der Waals surface area contributed by atoms with Crippen LogP contribution in [-0.2, 0) is 6.42 Å². The summed E-state index contributed by atoms with van der Waals surface area (Å²) in [6.45, 7) is 2.04. The lowest BCUT2D eigenvalue weighted by Gasteiger charge is -2.08. The summed E-state index contributed by atoms with van der Waals surface area (Å²) in [5.74, 6) is 0. The van der Waals surface area contributed by atoms with E-state index >= 15 is 0 Å². The summed E-state index contributed by atoms with van der Waals surface area (Å²) in [4.78, 5) is 0. The summed E-state index contributed by atoms with van der Waals surface area (Å²) in [6.07, 6.45) is 6.34. The number of hydrogen-bond donors (Lipinski definition) is 2. The largest absolute Gasteiger partial charge is 0.393 e. The van der Waals surface area contributed by atoms with Crippen LogP contribution in [-0.4, -0.2) is 11.2 Å². The van der Waals surface area contributed by atoms with Crippen molar-refractivity contribution in [3.63, 3.8) is 0 Å². The van der Waals surface area contributed by atoms with Crippen LogP contribution in [0.4, 0.5) is 11.4 Å². The lowest BCUT2D eigenvalue weighted by atomic mass is 10.0. The summed E-state index contributed by atoms with van der Waals surface area (Å²) >= 11 is 0. The van der Waals surface area contributed by atoms with E-state index in [1.165, 1.54) is 18.4 Å². The third-order valence-electron chi connectivity index (χ3n) is 3.99. The van der Waals surface area contributed by atoms with Gasteiger partial charge in [0.1, 0.15) is 0 Å². The van der Waals surface area contributed by atoms with Crippen LogP contribution in [0.5, 0.6) is 0 Å². The van der Waals surface area contributed by atoms with E-state index in [-0.39, 0.29) is 6.10 Å². The van der Waals surface area contributed by atoms with Gasteiger partial charge in [-0.05, 0) is 55.5 Å². The van der Waals surface area contributed by atoms with E-state index in [0.717, 1.165) is 37.1 Å². The van der Waals surface area contributed by atoms with E-state index in [0.29, 0.717) is 0 Å². The first-order valence-corrected chi connectivity index (χ1v) is 8.37. The zero-order valence-corrected chi connectivity index (χ0v) is 13.5. The second-order valence-electron chi connectivity index (χ2n) is 5.85. The predicted molar refractivity (Wildman–Crippen MR) is 94.6 cm³/mol. The van der Waals surface area contributed by atoms with Gasteiger partial charge in [-0.1, -0.05) is 50.1 Å². The summed E-state index contributed by atoms with van der Waals surface area (Å²) in [7, 11) is 0. The van der Waals surface area contributed by atoms with Crippen molar-refractivity contribution in [3.8, 4) is 0 Å². The molecule has 0 saturated carbocycles. The minimum absolute atomic E-state index is 0.108. The van der Waals surface area contributed by atoms with Crippen LogP contribution in [0.25, 0.3) is 0 Å². The van der Waals surface area contributed by atoms with E-state index in [1.807, 2.05) is 25.1 Å². The Morgan fingerprint density at radius 3 is 2.23 bits per heavy atom. The van der Waals surface area contributed by atoms with Gasteiger partial charge in [0.2, 0.25) is 0 Å². The number of rotatable bonds is 9. The fourth-order valence-electron chi connectivity index (χ4n) is 2.53. The molecular formula is C20H27NO. The fourth-order valence-corrected chi connectivity index (χ4v) is 2.53. The molecule has 2 N–H and O–H groups in total. The number of aryl methyl sites for hydroxylation is 1. The molecule has 0 saturated heterocycles. The Labute approximate surface area is 134 Å². The van der Waals surface area contributed by atoms with Crippen LogP contribution in [0.1, 0.15) is 44.6 Å². The maximum absolute atomic E-state index is 9.52. The number of aliphatic hydroxyl groups is 1. The highest BCUT2D eigenvalue weighted by molar-refractivity contribution is 5.59. The first-order valence-electron chi connectivity index (χ1n) is 8.37. The van der Waals surface area contributed by atoms with E-state index in [4.69, 9.17) is 0 Å². The molecule has 0 spiro atoms. The number of aliphatic hydroxyl groups excluding tert-OH is 1. The first kappa shape index (κ1) is 16.6. The van der Waals surface area contributed by atoms with Crippen LogP contribution in [0.2, 0.25) is 0 Å². The second kappa shape index (κ2) is 9.26. The van der Waals surface area contributed by atoms with Gasteiger partial charge < -0.3 is 10.4 Å². The predicted octanol–water partition coefficient (Wildman–Crippen LogP) is 5.30. The smallest absolute Gasteiger partial charge is 0.0537 e. The topological polar surface area (TPSA) is 32.3 Å². The highest BCUT2D eigenvalue weighted by Gasteiger charge is 2.00. The normalized spacial score (nSPS) is 12.1. The maximum Gasteiger partial charge on any atom is 0.0537 e. The van der Waals surface area contributed by atoms with Crippen molar-refractivity contribution in [1.29, 1.82) is 0 Å². The molecule has 0 bridgehead atoms. The number of nitrogens with one attached hydrogen (secondary N) is 1. The Morgan fingerprint density at radius 2 is 1.55 bits per heavy atom. The molecule has 0 fully saturated rings. The first-order chi connectivity index (χ1) is 10.8. The van der Waals surface area contributed by atoms with Gasteiger partial charge in [-0.15, -0.1) is 0 Å². The van der Waals surface area contributed by atoms with Crippen LogP contribution in [0, 0.1) is 0 Å². The SMILES string of the molecule is CCC(O)CCCCCc1ccc(Nc2ccccc2)cc1. The van der Waals surface area contributed by atoms with Gasteiger partial charge in [0.25, 0.3) is 0 Å². The van der Waals surface area contributed by atoms with Crippen molar-refractivity contribution in [2.24, 2.45) is 0 Å². The van der Waals surface area contributed by atoms with Crippen molar-refractivity contribution in [3.05, 3.63) is 60.2 Å². The minimum Gasteiger partial charge on any atom is -0.393 e. The zero-order chi connectivity index (χ0) is 15.6. The molecule has 22 heavy (non-hydrogen) atoms. The average molecular weight is 297 g/mol. The molecule has 0 aromatic heterocycles. The Hall–Kier alpha value is -1.80. The highest BCUT2D eigenvalue weighted by Crippen LogP contribution is 2.18. The number of benzene rings is 2. The number of hydrogen-bond acceptors (Lipinski definition) is 2. The monoisotopic (exact) mass is 297 g/mol. The van der Waals surface area contributed by atoms with E-state index in [1.54, 1.807) is 0 Å². The summed E-state index contributed by atoms with van der Waals surface area (Å²) in [5.41, 5.74) is 3.63. The summed E-state index contributed by atoms with van der Waals surface area (Å²) in [5, 5.41) is 12.9. The summed E-state index contributed by atoms with van der Waals surface area (Å²) in [6, 6.07) is 18.9. The van der Waals surface area contributed by atoms with Gasteiger partial charge in [-0.2, -0.15) is 0 Å². The molecule has 0 aliphatic rings. The van der Waals surface area contributed by atoms with Crippen LogP contribution in [0.3, 0.4) is 0 Å². The van der Waals surface area contributed by atoms with E-state index in [9.17, 15) is 5.11 Å². The molecule has 0 aliphatic heterocycles. The quantitative estimate of drug-likeness (QED) is 0.615. The Morgan fingerprint density at radius 1 is 0.864 bits per heavy atom. The average Bonchev–Trinajstić information content (AvgIpc) is 2.57. The lowest BCUT2D eigenvalue weighted by molar-refractivity contribution is 0.156. The molecule has 2 aromatic carbocycles. The van der Waals surface area contributed by atoms with Crippen LogP contribution in [0.15, 0.2) is 54.6 Å². The van der Waals surface area contributed by atoms with Crippen LogP contribution >= 0.6 is 0 Å². The van der Waals surface area contributed by atoms with E-state index < -0.39 is 0 Å². The third-order valence-corrected chi connectivity index (χ3v) is 3.99. The molecule has 0 radical (unpaired) electrons. The molecule has 2 aromatic rings. The maximum atomic E-state index is 9.52. The standard InChI is InChI=1S/C20H27NO/c1-2-20(22)12-8-3-5-9-17-13-15-19(16-14-17)21-18-10-6-4-7-11-18/h4,6-7,10-11,13-16,20-22H,2-3,5,8-9,12H2,1H3. The Kier molecular flexibility index (Phi) is 6.98. The number of para-hydroxylation sites is 1. The summed E-state index contributed by atoms with van der Waals surface area (Å²) < 4.78 is 0. The minimum atomic E-state index is -0.108. The second-order valence-corrected chi connectivity index (χ2v) is 5.85. The van der Waals surface area contributed by atoms with Gasteiger partial charge in [0.05, 0.1) is 6.10 Å². The number of anilines is 2. The Balaban J connectivity index is 1.70. The molecule has 2 heteroatoms. The van der Waals surface area contributed by atoms with Crippen molar-refractivity contribution in [2.45, 2.75) is 51.6 Å². The van der Waals surface area contributed by atoms with Crippen molar-refractivity contribution >= 4 is 11.4 Å². The molecule has 2 nitrogen and oxygen atoms in total. The van der Waals surface area contributed by atoms with Gasteiger partial charge >= 0.3 is 0 Å². The van der Waals surface area contributed by atoms with Gasteiger partial charge in [0.15, 0.2) is 0 Å². The lowest BCUT2D eigenvalue weighted by Crippen LogP contribution is -2.03. The van der Waals surface area contributed by atoms with Gasteiger partial charge in [-0.25, -0.2) is 0 Å². The van der Waals surface area contributed by atoms with Gasteiger partial charge in [-0.3, -0.25) is 0 Å². The molecular weight excluding hydrogens is 270 g/mol. The third kappa shape index (κ3) is 5.90. The molecule has 118 valence electrons. The van der Waals surface area contributed by atoms with Crippen molar-refractivity contribution in [1.82, 2.24) is 0 Å². The van der Waals surface area contributed by atoms with E-state index in [2.05, 4.69) is 41.7 Å². The van der Waals surface area contributed by atoms with Crippen LogP contribution < -0.4 is 5.32 Å². The van der Waals surface area contributed by atoms with Gasteiger partial charge in [0, 0.05) is 11.4 Å². The highest BCUT2D eigenvalue weighted by atomic mass is 16.3. The molecule has 0 amide bonds. The fraction of sp³-hybridized carbons (Fsp3) is 0.400. The zero-order valence-electron chi connectivity index (χ0n) is 13.5. The molecule has 1 atom stereocenters. The molecule has 0 heterocycles. The van der Waals surface area contributed by atoms with Crippen molar-refractivity contribution in [2.75, 3.05) is 5.32 Å². The number of unbranched alkanes of at least 4 members (excludes halogenated alkanes) is 2. The van der Waals surface area contributed by atoms with Crippen molar-refractivity contribution < 1.29 is 5.11 Å². The molecule has 2 rings (SSSR count). The molecule has 0 aliphatic carbocycles. The molecule has 1 unspecified atom stereocenters. The Bertz CT molecular complexity index is 521.